The zero-order valence-electron chi connectivity index (χ0n) is 8.61. The summed E-state index contributed by atoms with van der Waals surface area (Å²) in [5.74, 6) is 2.16. The molecule has 0 spiro atoms. The highest BCUT2D eigenvalue weighted by atomic mass is 16.5. The van der Waals surface area contributed by atoms with Gasteiger partial charge in [-0.15, -0.1) is 0 Å². The second kappa shape index (κ2) is 3.90. The van der Waals surface area contributed by atoms with E-state index in [0.29, 0.717) is 11.8 Å². The van der Waals surface area contributed by atoms with Crippen molar-refractivity contribution >= 4 is 0 Å². The van der Waals surface area contributed by atoms with Gasteiger partial charge in [0.15, 0.2) is 5.82 Å². The lowest BCUT2D eigenvalue weighted by molar-refractivity contribution is 0.0246. The van der Waals surface area contributed by atoms with E-state index >= 15 is 0 Å². The first-order valence-corrected chi connectivity index (χ1v) is 5.56. The summed E-state index contributed by atoms with van der Waals surface area (Å²) >= 11 is 0. The maximum atomic E-state index is 5.58. The summed E-state index contributed by atoms with van der Waals surface area (Å²) < 4.78 is 10.8. The van der Waals surface area contributed by atoms with Crippen molar-refractivity contribution in [3.05, 3.63) is 11.7 Å². The van der Waals surface area contributed by atoms with Gasteiger partial charge >= 0.3 is 0 Å². The summed E-state index contributed by atoms with van der Waals surface area (Å²) in [6.07, 6.45) is 3.33. The third-order valence-electron chi connectivity index (χ3n) is 2.83. The lowest BCUT2D eigenvalue weighted by Crippen LogP contribution is -2.39. The van der Waals surface area contributed by atoms with Crippen LogP contribution in [0.5, 0.6) is 0 Å². The highest BCUT2D eigenvalue weighted by Gasteiger charge is 2.29. The molecule has 5 nitrogen and oxygen atoms in total. The molecule has 2 heterocycles. The van der Waals surface area contributed by atoms with Gasteiger partial charge in [-0.3, -0.25) is 0 Å². The smallest absolute Gasteiger partial charge is 0.229 e. The molecule has 3 rings (SSSR count). The van der Waals surface area contributed by atoms with E-state index in [9.17, 15) is 0 Å². The Morgan fingerprint density at radius 1 is 1.40 bits per heavy atom. The zero-order valence-corrected chi connectivity index (χ0v) is 8.61. The molecule has 1 aromatic heterocycles. The van der Waals surface area contributed by atoms with Crippen molar-refractivity contribution in [3.8, 4) is 0 Å². The number of nitrogens with zero attached hydrogens (tertiary/aromatic N) is 2. The first kappa shape index (κ1) is 9.30. The Hall–Kier alpha value is -0.940. The van der Waals surface area contributed by atoms with Gasteiger partial charge in [0, 0.05) is 19.0 Å². The number of hydrogen-bond acceptors (Lipinski definition) is 5. The molecule has 1 N–H and O–H groups in total. The van der Waals surface area contributed by atoms with Gasteiger partial charge in [-0.1, -0.05) is 5.16 Å². The summed E-state index contributed by atoms with van der Waals surface area (Å²) in [4.78, 5) is 4.38. The lowest BCUT2D eigenvalue weighted by atomic mass is 10.2. The van der Waals surface area contributed by atoms with Gasteiger partial charge in [-0.05, 0) is 12.8 Å². The predicted octanol–water partition coefficient (Wildman–Crippen LogP) is 0.478. The zero-order chi connectivity index (χ0) is 10.1. The molecular formula is C10H15N3O2. The third kappa shape index (κ3) is 2.18. The molecule has 82 valence electrons. The molecular weight excluding hydrogens is 194 g/mol. The lowest BCUT2D eigenvalue weighted by Gasteiger charge is -2.21. The molecule has 2 aliphatic rings. The van der Waals surface area contributed by atoms with E-state index in [1.807, 2.05) is 0 Å². The molecule has 0 radical (unpaired) electrons. The molecule has 2 fully saturated rings. The maximum Gasteiger partial charge on any atom is 0.229 e. The van der Waals surface area contributed by atoms with Crippen molar-refractivity contribution in [1.29, 1.82) is 0 Å². The van der Waals surface area contributed by atoms with Crippen LogP contribution < -0.4 is 5.32 Å². The Kier molecular flexibility index (Phi) is 2.42. The monoisotopic (exact) mass is 209 g/mol. The molecule has 1 aliphatic heterocycles. The molecule has 15 heavy (non-hydrogen) atoms. The highest BCUT2D eigenvalue weighted by molar-refractivity contribution is 5.03. The van der Waals surface area contributed by atoms with E-state index in [1.54, 1.807) is 0 Å². The van der Waals surface area contributed by atoms with Gasteiger partial charge in [-0.25, -0.2) is 0 Å². The van der Waals surface area contributed by atoms with Crippen LogP contribution >= 0.6 is 0 Å². The van der Waals surface area contributed by atoms with Crippen LogP contribution in [-0.2, 0) is 11.2 Å². The second-order valence-electron chi connectivity index (χ2n) is 4.22. The molecule has 0 aromatic carbocycles. The SMILES string of the molecule is C1COC(Cc2nc(C3CC3)no2)CN1. The van der Waals surface area contributed by atoms with Crippen molar-refractivity contribution < 1.29 is 9.26 Å². The Morgan fingerprint density at radius 2 is 2.33 bits per heavy atom. The van der Waals surface area contributed by atoms with Crippen molar-refractivity contribution in [3.63, 3.8) is 0 Å². The fourth-order valence-corrected chi connectivity index (χ4v) is 1.80. The van der Waals surface area contributed by atoms with Gasteiger partial charge in [0.25, 0.3) is 0 Å². The summed E-state index contributed by atoms with van der Waals surface area (Å²) in [5.41, 5.74) is 0. The van der Waals surface area contributed by atoms with E-state index in [1.165, 1.54) is 12.8 Å². The normalized spacial score (nSPS) is 26.8. The number of aromatic nitrogens is 2. The van der Waals surface area contributed by atoms with Crippen molar-refractivity contribution in [2.45, 2.75) is 31.3 Å². The Morgan fingerprint density at radius 3 is 3.07 bits per heavy atom. The first-order chi connectivity index (χ1) is 7.42. The fraction of sp³-hybridized carbons (Fsp3) is 0.800. The summed E-state index contributed by atoms with van der Waals surface area (Å²) in [6, 6.07) is 0. The molecule has 1 unspecified atom stereocenters. The average Bonchev–Trinajstić information content (AvgIpc) is 3.02. The fourth-order valence-electron chi connectivity index (χ4n) is 1.80. The second-order valence-corrected chi connectivity index (χ2v) is 4.22. The predicted molar refractivity (Wildman–Crippen MR) is 52.6 cm³/mol. The van der Waals surface area contributed by atoms with Crippen LogP contribution in [-0.4, -0.2) is 35.9 Å². The quantitative estimate of drug-likeness (QED) is 0.784. The van der Waals surface area contributed by atoms with E-state index < -0.39 is 0 Å². The molecule has 1 saturated carbocycles. The molecule has 0 bridgehead atoms. The number of nitrogens with one attached hydrogen (secondary N) is 1. The maximum absolute atomic E-state index is 5.58. The number of rotatable bonds is 3. The van der Waals surface area contributed by atoms with Crippen LogP contribution in [0.3, 0.4) is 0 Å². The van der Waals surface area contributed by atoms with Gasteiger partial charge in [0.05, 0.1) is 19.1 Å². The van der Waals surface area contributed by atoms with Crippen LogP contribution in [0.15, 0.2) is 4.52 Å². The van der Waals surface area contributed by atoms with Crippen LogP contribution in [0, 0.1) is 0 Å². The van der Waals surface area contributed by atoms with Crippen LogP contribution in [0.2, 0.25) is 0 Å². The van der Waals surface area contributed by atoms with Gasteiger partial charge in [-0.2, -0.15) is 4.98 Å². The van der Waals surface area contributed by atoms with Crippen LogP contribution in [0.25, 0.3) is 0 Å². The first-order valence-electron chi connectivity index (χ1n) is 5.56. The number of hydrogen-bond donors (Lipinski definition) is 1. The highest BCUT2D eigenvalue weighted by Crippen LogP contribution is 2.38. The van der Waals surface area contributed by atoms with Gasteiger partial charge in [0.1, 0.15) is 0 Å². The van der Waals surface area contributed by atoms with Crippen molar-refractivity contribution in [1.82, 2.24) is 15.5 Å². The molecule has 0 amide bonds. The van der Waals surface area contributed by atoms with E-state index in [2.05, 4.69) is 15.5 Å². The average molecular weight is 209 g/mol. The van der Waals surface area contributed by atoms with Crippen LogP contribution in [0.4, 0.5) is 0 Å². The van der Waals surface area contributed by atoms with Gasteiger partial charge < -0.3 is 14.6 Å². The Balaban J connectivity index is 1.60. The summed E-state index contributed by atoms with van der Waals surface area (Å²) in [5, 5.41) is 7.26. The standard InChI is InChI=1S/C10H15N3O2/c1-2-7(1)10-12-9(15-13-10)5-8-6-11-3-4-14-8/h7-8,11H,1-6H2. The molecule has 1 aromatic rings. The van der Waals surface area contributed by atoms with Crippen molar-refractivity contribution in [2.24, 2.45) is 0 Å². The third-order valence-corrected chi connectivity index (χ3v) is 2.83. The minimum Gasteiger partial charge on any atom is -0.375 e. The molecule has 1 saturated heterocycles. The minimum atomic E-state index is 0.186. The summed E-state index contributed by atoms with van der Waals surface area (Å²) in [6.45, 7) is 2.59. The summed E-state index contributed by atoms with van der Waals surface area (Å²) in [7, 11) is 0. The largest absolute Gasteiger partial charge is 0.375 e. The Labute approximate surface area is 88.2 Å². The molecule has 5 heteroatoms. The Bertz CT molecular complexity index is 329. The van der Waals surface area contributed by atoms with Crippen LogP contribution in [0.1, 0.15) is 30.5 Å². The topological polar surface area (TPSA) is 60.2 Å². The van der Waals surface area contributed by atoms with E-state index in [-0.39, 0.29) is 6.10 Å². The van der Waals surface area contributed by atoms with E-state index in [0.717, 1.165) is 31.9 Å². The minimum absolute atomic E-state index is 0.186. The number of morpholine rings is 1. The molecule has 1 atom stereocenters. The van der Waals surface area contributed by atoms with Crippen molar-refractivity contribution in [2.75, 3.05) is 19.7 Å². The van der Waals surface area contributed by atoms with Gasteiger partial charge in [0.2, 0.25) is 5.89 Å². The van der Waals surface area contributed by atoms with E-state index in [4.69, 9.17) is 9.26 Å². The molecule has 1 aliphatic carbocycles. The number of ether oxygens (including phenoxy) is 1.